The lowest BCUT2D eigenvalue weighted by molar-refractivity contribution is 0.186. The van der Waals surface area contributed by atoms with E-state index in [1.807, 2.05) is 11.6 Å². The van der Waals surface area contributed by atoms with Crippen LogP contribution in [0.25, 0.3) is 0 Å². The molecule has 0 unspecified atom stereocenters. The molecule has 2 aromatic rings. The molecule has 1 saturated heterocycles. The average Bonchev–Trinajstić information content (AvgIpc) is 2.99. The second-order valence-corrected chi connectivity index (χ2v) is 7.77. The number of thiazole rings is 1. The number of piperidine rings is 1. The first kappa shape index (κ1) is 16.4. The molecular formula is C18H26N4S. The van der Waals surface area contributed by atoms with E-state index in [4.69, 9.17) is 4.98 Å². The van der Waals surface area contributed by atoms with Crippen molar-refractivity contribution in [2.24, 2.45) is 5.92 Å². The lowest BCUT2D eigenvalue weighted by Crippen LogP contribution is -2.37. The Bertz CT molecular complexity index is 624. The van der Waals surface area contributed by atoms with Gasteiger partial charge in [0.15, 0.2) is 5.13 Å². The van der Waals surface area contributed by atoms with Gasteiger partial charge in [-0.1, -0.05) is 13.8 Å². The zero-order valence-electron chi connectivity index (χ0n) is 14.2. The fourth-order valence-corrected chi connectivity index (χ4v) is 3.91. The summed E-state index contributed by atoms with van der Waals surface area (Å²) in [5.41, 5.74) is 3.39. The maximum absolute atomic E-state index is 4.82. The van der Waals surface area contributed by atoms with Gasteiger partial charge in [0.2, 0.25) is 0 Å². The number of nitrogens with one attached hydrogen (secondary N) is 1. The summed E-state index contributed by atoms with van der Waals surface area (Å²) in [6, 6.07) is 4.30. The van der Waals surface area contributed by atoms with Crippen molar-refractivity contribution >= 4 is 22.2 Å². The molecule has 0 aliphatic carbocycles. The normalized spacial score (nSPS) is 19.2. The third-order valence-electron chi connectivity index (χ3n) is 4.20. The van der Waals surface area contributed by atoms with Gasteiger partial charge in [-0.15, -0.1) is 11.3 Å². The Morgan fingerprint density at radius 1 is 1.39 bits per heavy atom. The zero-order chi connectivity index (χ0) is 16.2. The lowest BCUT2D eigenvalue weighted by atomic mass is 9.93. The standard InChI is InChI=1S/C18H26N4S/c1-13(2)11-22-7-4-5-15(12-22)17-10-16(9-14(3)20-17)21-18-19-6-8-23-18/h6,8-10,13,15H,4-5,7,11-12H2,1-3H3,(H,19,20,21)/t15-/m0/s1. The van der Waals surface area contributed by atoms with Crippen LogP contribution in [0.5, 0.6) is 0 Å². The smallest absolute Gasteiger partial charge is 0.187 e. The molecule has 0 aromatic carbocycles. The first-order valence-electron chi connectivity index (χ1n) is 8.47. The molecule has 4 nitrogen and oxygen atoms in total. The fourth-order valence-electron chi connectivity index (χ4n) is 3.36. The molecule has 0 spiro atoms. The van der Waals surface area contributed by atoms with E-state index in [0.29, 0.717) is 5.92 Å². The number of anilines is 2. The van der Waals surface area contributed by atoms with Crippen molar-refractivity contribution in [3.05, 3.63) is 35.1 Å². The Hall–Kier alpha value is -1.46. The largest absolute Gasteiger partial charge is 0.331 e. The fraction of sp³-hybridized carbons (Fsp3) is 0.556. The van der Waals surface area contributed by atoms with Crippen LogP contribution >= 0.6 is 11.3 Å². The minimum Gasteiger partial charge on any atom is -0.331 e. The van der Waals surface area contributed by atoms with E-state index in [9.17, 15) is 0 Å². The Morgan fingerprint density at radius 2 is 2.26 bits per heavy atom. The Balaban J connectivity index is 1.75. The number of likely N-dealkylation sites (tertiary alicyclic amines) is 1. The van der Waals surface area contributed by atoms with Gasteiger partial charge < -0.3 is 10.2 Å². The van der Waals surface area contributed by atoms with Crippen molar-refractivity contribution in [1.82, 2.24) is 14.9 Å². The predicted octanol–water partition coefficient (Wildman–Crippen LogP) is 4.43. The molecule has 3 heterocycles. The van der Waals surface area contributed by atoms with Crippen LogP contribution in [0.1, 0.15) is 44.0 Å². The topological polar surface area (TPSA) is 41.1 Å². The lowest BCUT2D eigenvalue weighted by Gasteiger charge is -2.33. The van der Waals surface area contributed by atoms with Crippen LogP contribution in [0, 0.1) is 12.8 Å². The summed E-state index contributed by atoms with van der Waals surface area (Å²) >= 11 is 1.62. The number of aromatic nitrogens is 2. The third-order valence-corrected chi connectivity index (χ3v) is 4.89. The highest BCUT2D eigenvalue weighted by atomic mass is 32.1. The maximum Gasteiger partial charge on any atom is 0.187 e. The van der Waals surface area contributed by atoms with Crippen molar-refractivity contribution < 1.29 is 0 Å². The van der Waals surface area contributed by atoms with E-state index < -0.39 is 0 Å². The second kappa shape index (κ2) is 7.41. The van der Waals surface area contributed by atoms with Crippen LogP contribution in [-0.4, -0.2) is 34.5 Å². The van der Waals surface area contributed by atoms with Gasteiger partial charge in [0.25, 0.3) is 0 Å². The number of hydrogen-bond donors (Lipinski definition) is 1. The summed E-state index contributed by atoms with van der Waals surface area (Å²) in [5, 5.41) is 6.33. The SMILES string of the molecule is Cc1cc(Nc2nccs2)cc([C@H]2CCCN(CC(C)C)C2)n1. The molecule has 0 saturated carbocycles. The third kappa shape index (κ3) is 4.52. The molecule has 124 valence electrons. The van der Waals surface area contributed by atoms with Crippen LogP contribution < -0.4 is 5.32 Å². The number of pyridine rings is 1. The van der Waals surface area contributed by atoms with Crippen molar-refractivity contribution in [3.8, 4) is 0 Å². The van der Waals surface area contributed by atoms with Crippen LogP contribution in [0.2, 0.25) is 0 Å². The Labute approximate surface area is 143 Å². The second-order valence-electron chi connectivity index (χ2n) is 6.88. The number of hydrogen-bond acceptors (Lipinski definition) is 5. The van der Waals surface area contributed by atoms with E-state index in [2.05, 4.69) is 48.1 Å². The van der Waals surface area contributed by atoms with E-state index in [-0.39, 0.29) is 0 Å². The molecule has 2 aromatic heterocycles. The van der Waals surface area contributed by atoms with Gasteiger partial charge in [-0.3, -0.25) is 4.98 Å². The van der Waals surface area contributed by atoms with Crippen LogP contribution in [0.15, 0.2) is 23.7 Å². The van der Waals surface area contributed by atoms with E-state index in [1.54, 1.807) is 11.3 Å². The van der Waals surface area contributed by atoms with Gasteiger partial charge in [0.05, 0.1) is 0 Å². The van der Waals surface area contributed by atoms with E-state index in [1.165, 1.54) is 31.6 Å². The van der Waals surface area contributed by atoms with Crippen LogP contribution in [-0.2, 0) is 0 Å². The summed E-state index contributed by atoms with van der Waals surface area (Å²) in [4.78, 5) is 11.7. The van der Waals surface area contributed by atoms with Crippen molar-refractivity contribution in [1.29, 1.82) is 0 Å². The molecule has 1 aliphatic rings. The minimum atomic E-state index is 0.541. The highest BCUT2D eigenvalue weighted by Gasteiger charge is 2.23. The molecule has 3 rings (SSSR count). The summed E-state index contributed by atoms with van der Waals surface area (Å²) in [6.45, 7) is 10.2. The van der Waals surface area contributed by atoms with Crippen molar-refractivity contribution in [2.45, 2.75) is 39.5 Å². The van der Waals surface area contributed by atoms with Crippen molar-refractivity contribution in [3.63, 3.8) is 0 Å². The average molecular weight is 331 g/mol. The number of aryl methyl sites for hydroxylation is 1. The van der Waals surface area contributed by atoms with Gasteiger partial charge in [0, 0.05) is 47.7 Å². The first-order chi connectivity index (χ1) is 11.1. The van der Waals surface area contributed by atoms with E-state index >= 15 is 0 Å². The summed E-state index contributed by atoms with van der Waals surface area (Å²) in [7, 11) is 0. The monoisotopic (exact) mass is 330 g/mol. The molecule has 0 amide bonds. The summed E-state index contributed by atoms with van der Waals surface area (Å²) in [6.07, 6.45) is 4.33. The first-order valence-corrected chi connectivity index (χ1v) is 9.35. The van der Waals surface area contributed by atoms with Gasteiger partial charge in [-0.2, -0.15) is 0 Å². The molecule has 1 aliphatic heterocycles. The minimum absolute atomic E-state index is 0.541. The Morgan fingerprint density at radius 3 is 3.00 bits per heavy atom. The number of nitrogens with zero attached hydrogens (tertiary/aromatic N) is 3. The molecule has 1 N–H and O–H groups in total. The maximum atomic E-state index is 4.82. The van der Waals surface area contributed by atoms with E-state index in [0.717, 1.165) is 29.0 Å². The number of rotatable bonds is 5. The van der Waals surface area contributed by atoms with Gasteiger partial charge >= 0.3 is 0 Å². The predicted molar refractivity (Wildman–Crippen MR) is 97.6 cm³/mol. The van der Waals surface area contributed by atoms with Gasteiger partial charge in [-0.05, 0) is 44.4 Å². The van der Waals surface area contributed by atoms with Gasteiger partial charge in [0.1, 0.15) is 0 Å². The summed E-state index contributed by atoms with van der Waals surface area (Å²) in [5.74, 6) is 1.26. The Kier molecular flexibility index (Phi) is 5.28. The molecule has 1 fully saturated rings. The van der Waals surface area contributed by atoms with Crippen molar-refractivity contribution in [2.75, 3.05) is 25.0 Å². The van der Waals surface area contributed by atoms with Crippen LogP contribution in [0.4, 0.5) is 10.8 Å². The molecule has 1 atom stereocenters. The molecule has 0 bridgehead atoms. The quantitative estimate of drug-likeness (QED) is 0.881. The van der Waals surface area contributed by atoms with Gasteiger partial charge in [-0.25, -0.2) is 4.98 Å². The molecular weight excluding hydrogens is 304 g/mol. The highest BCUT2D eigenvalue weighted by Crippen LogP contribution is 2.29. The molecule has 23 heavy (non-hydrogen) atoms. The van der Waals surface area contributed by atoms with Crippen LogP contribution in [0.3, 0.4) is 0 Å². The molecule has 0 radical (unpaired) electrons. The molecule has 5 heteroatoms. The zero-order valence-corrected chi connectivity index (χ0v) is 15.1. The highest BCUT2D eigenvalue weighted by molar-refractivity contribution is 7.13. The summed E-state index contributed by atoms with van der Waals surface area (Å²) < 4.78 is 0.